The lowest BCUT2D eigenvalue weighted by molar-refractivity contribution is -0.125. The zero-order valence-electron chi connectivity index (χ0n) is 9.57. The van der Waals surface area contributed by atoms with Gasteiger partial charge in [0.25, 0.3) is 0 Å². The number of rotatable bonds is 4. The number of carbonyl (C=O) groups is 1. The zero-order chi connectivity index (χ0) is 11.4. The molecule has 0 bridgehead atoms. The first-order valence-electron chi connectivity index (χ1n) is 5.71. The molecular formula is C11H22N2O2. The van der Waals surface area contributed by atoms with E-state index in [9.17, 15) is 9.90 Å². The quantitative estimate of drug-likeness (QED) is 0.628. The van der Waals surface area contributed by atoms with Crippen LogP contribution in [0.15, 0.2) is 0 Å². The van der Waals surface area contributed by atoms with E-state index >= 15 is 0 Å². The van der Waals surface area contributed by atoms with Crippen LogP contribution in [0.2, 0.25) is 0 Å². The molecule has 88 valence electrons. The van der Waals surface area contributed by atoms with Gasteiger partial charge in [-0.3, -0.25) is 4.79 Å². The Hall–Kier alpha value is -0.610. The van der Waals surface area contributed by atoms with E-state index in [2.05, 4.69) is 19.2 Å². The maximum absolute atomic E-state index is 10.7. The molecule has 4 heteroatoms. The van der Waals surface area contributed by atoms with E-state index in [4.69, 9.17) is 5.73 Å². The Bertz CT molecular complexity index is 221. The Morgan fingerprint density at radius 1 is 1.53 bits per heavy atom. The Kier molecular flexibility index (Phi) is 4.54. The molecule has 0 aromatic heterocycles. The predicted molar refractivity (Wildman–Crippen MR) is 59.2 cm³/mol. The van der Waals surface area contributed by atoms with Crippen LogP contribution >= 0.6 is 0 Å². The minimum Gasteiger partial charge on any atom is -0.382 e. The van der Waals surface area contributed by atoms with Gasteiger partial charge in [0.1, 0.15) is 6.10 Å². The summed E-state index contributed by atoms with van der Waals surface area (Å²) >= 11 is 0. The third-order valence-corrected chi connectivity index (χ3v) is 3.36. The SMILES string of the molecule is CC1CCC(C)C(NCC(O)C(N)=O)C1. The van der Waals surface area contributed by atoms with Gasteiger partial charge in [0, 0.05) is 12.6 Å². The molecule has 1 amide bonds. The van der Waals surface area contributed by atoms with Gasteiger partial charge in [-0.25, -0.2) is 0 Å². The molecule has 0 radical (unpaired) electrons. The van der Waals surface area contributed by atoms with Crippen LogP contribution in [0.4, 0.5) is 0 Å². The second kappa shape index (κ2) is 5.47. The second-order valence-corrected chi connectivity index (χ2v) is 4.83. The van der Waals surface area contributed by atoms with Crippen molar-refractivity contribution in [1.82, 2.24) is 5.32 Å². The lowest BCUT2D eigenvalue weighted by atomic mass is 9.80. The number of carbonyl (C=O) groups excluding carboxylic acids is 1. The van der Waals surface area contributed by atoms with Crippen molar-refractivity contribution < 1.29 is 9.90 Å². The first-order chi connectivity index (χ1) is 7.00. The maximum Gasteiger partial charge on any atom is 0.247 e. The molecule has 1 aliphatic carbocycles. The van der Waals surface area contributed by atoms with Crippen molar-refractivity contribution in [3.05, 3.63) is 0 Å². The minimum atomic E-state index is -1.06. The molecule has 4 atom stereocenters. The highest BCUT2D eigenvalue weighted by Gasteiger charge is 2.25. The maximum atomic E-state index is 10.7. The minimum absolute atomic E-state index is 0.275. The van der Waals surface area contributed by atoms with Crippen LogP contribution in [0.1, 0.15) is 33.1 Å². The fraction of sp³-hybridized carbons (Fsp3) is 0.909. The summed E-state index contributed by atoms with van der Waals surface area (Å²) in [7, 11) is 0. The van der Waals surface area contributed by atoms with Gasteiger partial charge in [-0.1, -0.05) is 20.3 Å². The molecule has 1 saturated carbocycles. The van der Waals surface area contributed by atoms with Crippen LogP contribution < -0.4 is 11.1 Å². The summed E-state index contributed by atoms with van der Waals surface area (Å²) in [6, 6.07) is 0.405. The summed E-state index contributed by atoms with van der Waals surface area (Å²) in [4.78, 5) is 10.7. The van der Waals surface area contributed by atoms with Crippen LogP contribution in [-0.4, -0.2) is 29.7 Å². The molecule has 15 heavy (non-hydrogen) atoms. The van der Waals surface area contributed by atoms with Gasteiger partial charge in [0.15, 0.2) is 0 Å². The number of nitrogens with one attached hydrogen (secondary N) is 1. The number of hydrogen-bond acceptors (Lipinski definition) is 3. The highest BCUT2D eigenvalue weighted by molar-refractivity contribution is 5.78. The van der Waals surface area contributed by atoms with Gasteiger partial charge in [-0.05, 0) is 24.7 Å². The van der Waals surface area contributed by atoms with Crippen LogP contribution in [0.25, 0.3) is 0 Å². The van der Waals surface area contributed by atoms with Crippen molar-refractivity contribution in [2.24, 2.45) is 17.6 Å². The average Bonchev–Trinajstić information content (AvgIpc) is 2.18. The summed E-state index contributed by atoms with van der Waals surface area (Å²) in [5, 5.41) is 12.5. The van der Waals surface area contributed by atoms with Crippen LogP contribution in [-0.2, 0) is 4.79 Å². The predicted octanol–water partition coefficient (Wildman–Crippen LogP) is 0.247. The van der Waals surface area contributed by atoms with Gasteiger partial charge in [0.05, 0.1) is 0 Å². The van der Waals surface area contributed by atoms with Crippen LogP contribution in [0.3, 0.4) is 0 Å². The fourth-order valence-corrected chi connectivity index (χ4v) is 2.18. The summed E-state index contributed by atoms with van der Waals surface area (Å²) in [6.07, 6.45) is 2.55. The van der Waals surface area contributed by atoms with Gasteiger partial charge >= 0.3 is 0 Å². The number of aliphatic hydroxyl groups is 1. The van der Waals surface area contributed by atoms with Gasteiger partial charge in [-0.15, -0.1) is 0 Å². The van der Waals surface area contributed by atoms with E-state index in [-0.39, 0.29) is 6.54 Å². The summed E-state index contributed by atoms with van der Waals surface area (Å²) in [5.74, 6) is 0.685. The van der Waals surface area contributed by atoms with E-state index in [1.807, 2.05) is 0 Å². The third kappa shape index (κ3) is 3.80. The zero-order valence-corrected chi connectivity index (χ0v) is 9.57. The molecule has 0 aromatic carbocycles. The molecule has 0 aliphatic heterocycles. The molecule has 4 N–H and O–H groups in total. The Labute approximate surface area is 91.2 Å². The third-order valence-electron chi connectivity index (χ3n) is 3.36. The largest absolute Gasteiger partial charge is 0.382 e. The molecule has 4 unspecified atom stereocenters. The number of primary amides is 1. The van der Waals surface area contributed by atoms with Crippen molar-refractivity contribution in [2.45, 2.75) is 45.3 Å². The molecule has 4 nitrogen and oxygen atoms in total. The smallest absolute Gasteiger partial charge is 0.247 e. The van der Waals surface area contributed by atoms with E-state index < -0.39 is 12.0 Å². The van der Waals surface area contributed by atoms with Crippen molar-refractivity contribution in [3.8, 4) is 0 Å². The van der Waals surface area contributed by atoms with E-state index in [1.165, 1.54) is 12.8 Å². The van der Waals surface area contributed by atoms with Crippen molar-refractivity contribution in [2.75, 3.05) is 6.54 Å². The molecule has 0 spiro atoms. The highest BCUT2D eigenvalue weighted by Crippen LogP contribution is 2.28. The monoisotopic (exact) mass is 214 g/mol. The van der Waals surface area contributed by atoms with Crippen molar-refractivity contribution in [1.29, 1.82) is 0 Å². The molecule has 0 saturated heterocycles. The number of aliphatic hydroxyl groups excluding tert-OH is 1. The molecule has 1 rings (SSSR count). The molecule has 1 fully saturated rings. The van der Waals surface area contributed by atoms with Gasteiger partial charge < -0.3 is 16.2 Å². The summed E-state index contributed by atoms with van der Waals surface area (Å²) in [6.45, 7) is 4.72. The normalized spacial score (nSPS) is 33.7. The molecule has 0 aromatic rings. The first-order valence-corrected chi connectivity index (χ1v) is 5.71. The highest BCUT2D eigenvalue weighted by atomic mass is 16.3. The second-order valence-electron chi connectivity index (χ2n) is 4.83. The average molecular weight is 214 g/mol. The van der Waals surface area contributed by atoms with Gasteiger partial charge in [-0.2, -0.15) is 0 Å². The summed E-state index contributed by atoms with van der Waals surface area (Å²) < 4.78 is 0. The van der Waals surface area contributed by atoms with Crippen LogP contribution in [0, 0.1) is 11.8 Å². The Morgan fingerprint density at radius 2 is 2.20 bits per heavy atom. The van der Waals surface area contributed by atoms with E-state index in [0.717, 1.165) is 12.3 Å². The van der Waals surface area contributed by atoms with Crippen molar-refractivity contribution >= 4 is 5.91 Å². The van der Waals surface area contributed by atoms with Gasteiger partial charge in [0.2, 0.25) is 5.91 Å². The van der Waals surface area contributed by atoms with E-state index in [1.54, 1.807) is 0 Å². The standard InChI is InChI=1S/C11H22N2O2/c1-7-3-4-8(2)9(5-7)13-6-10(14)11(12)15/h7-10,13-14H,3-6H2,1-2H3,(H2,12,15). The lowest BCUT2D eigenvalue weighted by Gasteiger charge is -2.33. The molecule has 0 heterocycles. The van der Waals surface area contributed by atoms with Crippen molar-refractivity contribution in [3.63, 3.8) is 0 Å². The Morgan fingerprint density at radius 3 is 2.80 bits per heavy atom. The number of nitrogens with two attached hydrogens (primary N) is 1. The number of amides is 1. The lowest BCUT2D eigenvalue weighted by Crippen LogP contribution is -2.46. The fourth-order valence-electron chi connectivity index (χ4n) is 2.18. The van der Waals surface area contributed by atoms with E-state index in [0.29, 0.717) is 12.0 Å². The topological polar surface area (TPSA) is 75.3 Å². The van der Waals surface area contributed by atoms with Crippen LogP contribution in [0.5, 0.6) is 0 Å². The molecular weight excluding hydrogens is 192 g/mol. The first kappa shape index (κ1) is 12.5. The number of hydrogen-bond donors (Lipinski definition) is 3. The molecule has 1 aliphatic rings. The summed E-state index contributed by atoms with van der Waals surface area (Å²) in [5.41, 5.74) is 4.98. The Balaban J connectivity index is 2.33.